The largest absolute Gasteiger partial charge is 0.396 e. The van der Waals surface area contributed by atoms with Crippen molar-refractivity contribution in [3.05, 3.63) is 0 Å². The van der Waals surface area contributed by atoms with E-state index in [1.165, 1.54) is 12.8 Å². The Morgan fingerprint density at radius 1 is 1.27 bits per heavy atom. The molecule has 4 nitrogen and oxygen atoms in total. The highest BCUT2D eigenvalue weighted by Crippen LogP contribution is 2.38. The highest BCUT2D eigenvalue weighted by Gasteiger charge is 2.39. The summed E-state index contributed by atoms with van der Waals surface area (Å²) in [5.74, 6) is 0.298. The zero-order valence-corrected chi connectivity index (χ0v) is 14.8. The van der Waals surface area contributed by atoms with Gasteiger partial charge in [0.25, 0.3) is 0 Å². The molecule has 2 N–H and O–H groups in total. The molecule has 1 saturated heterocycles. The number of likely N-dealkylation sites (tertiary alicyclic amines) is 1. The summed E-state index contributed by atoms with van der Waals surface area (Å²) in [6.07, 6.45) is 6.19. The van der Waals surface area contributed by atoms with E-state index in [9.17, 15) is 9.90 Å². The molecule has 1 amide bonds. The molecule has 1 heterocycles. The van der Waals surface area contributed by atoms with Gasteiger partial charge in [0.05, 0.1) is 0 Å². The van der Waals surface area contributed by atoms with Crippen molar-refractivity contribution in [2.24, 2.45) is 10.8 Å². The first-order chi connectivity index (χ1) is 10.2. The standard InChI is InChI=1S/C18H34N2O2/c1-17(2,3)12-16(22)20-10-7-14(8-11-20)19-15-6-5-9-18(15,4)13-21/h14-15,19,21H,5-13H2,1-4H3/t15-,18+/m0/s1. The Balaban J connectivity index is 1.79. The Bertz CT molecular complexity index is 383. The molecule has 0 aromatic rings. The Labute approximate surface area is 135 Å². The second-order valence-corrected chi connectivity index (χ2v) is 8.82. The molecule has 2 aliphatic rings. The number of nitrogens with zero attached hydrogens (tertiary/aromatic N) is 1. The summed E-state index contributed by atoms with van der Waals surface area (Å²) >= 11 is 0. The summed E-state index contributed by atoms with van der Waals surface area (Å²) in [5.41, 5.74) is 0.109. The first kappa shape index (κ1) is 17.7. The van der Waals surface area contributed by atoms with Gasteiger partial charge in [-0.05, 0) is 31.1 Å². The van der Waals surface area contributed by atoms with Gasteiger partial charge in [-0.25, -0.2) is 0 Å². The van der Waals surface area contributed by atoms with E-state index in [1.807, 2.05) is 4.90 Å². The van der Waals surface area contributed by atoms with E-state index in [2.05, 4.69) is 33.0 Å². The molecular weight excluding hydrogens is 276 g/mol. The lowest BCUT2D eigenvalue weighted by molar-refractivity contribution is -0.134. The van der Waals surface area contributed by atoms with Crippen LogP contribution in [0.1, 0.15) is 66.2 Å². The van der Waals surface area contributed by atoms with Crippen molar-refractivity contribution in [2.75, 3.05) is 19.7 Å². The van der Waals surface area contributed by atoms with Gasteiger partial charge in [-0.15, -0.1) is 0 Å². The molecule has 1 aliphatic carbocycles. The first-order valence-corrected chi connectivity index (χ1v) is 8.88. The highest BCUT2D eigenvalue weighted by atomic mass is 16.3. The molecule has 0 radical (unpaired) electrons. The van der Waals surface area contributed by atoms with Crippen molar-refractivity contribution < 1.29 is 9.90 Å². The third-order valence-corrected chi connectivity index (χ3v) is 5.41. The summed E-state index contributed by atoms with van der Waals surface area (Å²) in [7, 11) is 0. The van der Waals surface area contributed by atoms with Crippen LogP contribution in [0.4, 0.5) is 0 Å². The summed E-state index contributed by atoms with van der Waals surface area (Å²) in [4.78, 5) is 14.3. The number of carbonyl (C=O) groups is 1. The summed E-state index contributed by atoms with van der Waals surface area (Å²) in [6, 6.07) is 0.923. The van der Waals surface area contributed by atoms with Crippen LogP contribution < -0.4 is 5.32 Å². The van der Waals surface area contributed by atoms with Crippen LogP contribution in [0.3, 0.4) is 0 Å². The van der Waals surface area contributed by atoms with Crippen molar-refractivity contribution in [3.8, 4) is 0 Å². The lowest BCUT2D eigenvalue weighted by atomic mass is 9.85. The first-order valence-electron chi connectivity index (χ1n) is 8.88. The van der Waals surface area contributed by atoms with Crippen molar-refractivity contribution >= 4 is 5.91 Å². The Hall–Kier alpha value is -0.610. The van der Waals surface area contributed by atoms with Gasteiger partial charge < -0.3 is 15.3 Å². The van der Waals surface area contributed by atoms with Crippen LogP contribution in [0.5, 0.6) is 0 Å². The fourth-order valence-electron chi connectivity index (χ4n) is 3.85. The molecule has 128 valence electrons. The molecule has 22 heavy (non-hydrogen) atoms. The third-order valence-electron chi connectivity index (χ3n) is 5.41. The summed E-state index contributed by atoms with van der Waals surface area (Å²) in [6.45, 7) is 10.6. The number of rotatable bonds is 4. The van der Waals surface area contributed by atoms with E-state index < -0.39 is 0 Å². The fourth-order valence-corrected chi connectivity index (χ4v) is 3.85. The quantitative estimate of drug-likeness (QED) is 0.839. The molecule has 0 unspecified atom stereocenters. The van der Waals surface area contributed by atoms with Gasteiger partial charge in [0, 0.05) is 43.6 Å². The number of hydrogen-bond donors (Lipinski definition) is 2. The van der Waals surface area contributed by atoms with Crippen molar-refractivity contribution in [1.29, 1.82) is 0 Å². The minimum atomic E-state index is 0.0409. The second kappa shape index (κ2) is 6.88. The van der Waals surface area contributed by atoms with Gasteiger partial charge in [0.2, 0.25) is 5.91 Å². The average molecular weight is 310 g/mol. The Kier molecular flexibility index (Phi) is 5.54. The van der Waals surface area contributed by atoms with Crippen LogP contribution in [-0.2, 0) is 4.79 Å². The normalized spacial score (nSPS) is 30.8. The fraction of sp³-hybridized carbons (Fsp3) is 0.944. The number of piperidine rings is 1. The molecule has 2 atom stereocenters. The van der Waals surface area contributed by atoms with Crippen LogP contribution in [0, 0.1) is 10.8 Å². The number of aliphatic hydroxyl groups is 1. The molecule has 1 aliphatic heterocycles. The highest BCUT2D eigenvalue weighted by molar-refractivity contribution is 5.76. The predicted molar refractivity (Wildman–Crippen MR) is 89.6 cm³/mol. The zero-order chi connectivity index (χ0) is 16.4. The average Bonchev–Trinajstić information content (AvgIpc) is 2.80. The maximum atomic E-state index is 12.3. The van der Waals surface area contributed by atoms with Crippen LogP contribution in [0.25, 0.3) is 0 Å². The Morgan fingerprint density at radius 3 is 2.45 bits per heavy atom. The van der Waals surface area contributed by atoms with Crippen molar-refractivity contribution in [1.82, 2.24) is 10.2 Å². The van der Waals surface area contributed by atoms with E-state index in [4.69, 9.17) is 0 Å². The van der Waals surface area contributed by atoms with Crippen LogP contribution in [0.2, 0.25) is 0 Å². The number of hydrogen-bond acceptors (Lipinski definition) is 3. The van der Waals surface area contributed by atoms with Crippen molar-refractivity contribution in [2.45, 2.75) is 78.3 Å². The van der Waals surface area contributed by atoms with E-state index in [0.717, 1.165) is 32.4 Å². The minimum absolute atomic E-state index is 0.0409. The SMILES string of the molecule is CC(C)(C)CC(=O)N1CCC(N[C@H]2CCC[C@]2(C)CO)CC1. The monoisotopic (exact) mass is 310 g/mol. The van der Waals surface area contributed by atoms with E-state index in [1.54, 1.807) is 0 Å². The van der Waals surface area contributed by atoms with Gasteiger partial charge in [-0.3, -0.25) is 4.79 Å². The minimum Gasteiger partial charge on any atom is -0.396 e. The number of carbonyl (C=O) groups excluding carboxylic acids is 1. The van der Waals surface area contributed by atoms with Gasteiger partial charge >= 0.3 is 0 Å². The van der Waals surface area contributed by atoms with Gasteiger partial charge in [0.1, 0.15) is 0 Å². The summed E-state index contributed by atoms with van der Waals surface area (Å²) < 4.78 is 0. The molecular formula is C18H34N2O2. The lowest BCUT2D eigenvalue weighted by Crippen LogP contribution is -2.51. The zero-order valence-electron chi connectivity index (χ0n) is 14.8. The van der Waals surface area contributed by atoms with Crippen LogP contribution in [0.15, 0.2) is 0 Å². The summed E-state index contributed by atoms with van der Waals surface area (Å²) in [5, 5.41) is 13.4. The second-order valence-electron chi connectivity index (χ2n) is 8.82. The van der Waals surface area contributed by atoms with E-state index in [0.29, 0.717) is 24.4 Å². The molecule has 0 aromatic carbocycles. The van der Waals surface area contributed by atoms with Crippen LogP contribution >= 0.6 is 0 Å². The number of aliphatic hydroxyl groups excluding tert-OH is 1. The Morgan fingerprint density at radius 2 is 1.91 bits per heavy atom. The smallest absolute Gasteiger partial charge is 0.223 e. The predicted octanol–water partition coefficient (Wildman–Crippen LogP) is 2.55. The topological polar surface area (TPSA) is 52.6 Å². The van der Waals surface area contributed by atoms with Gasteiger partial charge in [0.15, 0.2) is 0 Å². The maximum absolute atomic E-state index is 12.3. The molecule has 0 bridgehead atoms. The molecule has 2 fully saturated rings. The number of nitrogens with one attached hydrogen (secondary N) is 1. The molecule has 1 saturated carbocycles. The van der Waals surface area contributed by atoms with Gasteiger partial charge in [-0.2, -0.15) is 0 Å². The molecule has 4 heteroatoms. The maximum Gasteiger partial charge on any atom is 0.223 e. The van der Waals surface area contributed by atoms with Gasteiger partial charge in [-0.1, -0.05) is 34.1 Å². The third kappa shape index (κ3) is 4.45. The van der Waals surface area contributed by atoms with Crippen molar-refractivity contribution in [3.63, 3.8) is 0 Å². The molecule has 0 spiro atoms. The molecule has 2 rings (SSSR count). The molecule has 0 aromatic heterocycles. The van der Waals surface area contributed by atoms with E-state index >= 15 is 0 Å². The number of amides is 1. The lowest BCUT2D eigenvalue weighted by Gasteiger charge is -2.38. The van der Waals surface area contributed by atoms with E-state index in [-0.39, 0.29) is 17.4 Å². The van der Waals surface area contributed by atoms with Crippen LogP contribution in [-0.4, -0.2) is 47.7 Å².